The second kappa shape index (κ2) is 5.13. The van der Waals surface area contributed by atoms with Crippen molar-refractivity contribution in [3.05, 3.63) is 18.3 Å². The predicted molar refractivity (Wildman–Crippen MR) is 57.3 cm³/mol. The van der Waals surface area contributed by atoms with Gasteiger partial charge in [-0.3, -0.25) is 0 Å². The molecule has 14 heavy (non-hydrogen) atoms. The van der Waals surface area contributed by atoms with Crippen LogP contribution in [0.3, 0.4) is 0 Å². The monoisotopic (exact) mass is 190 g/mol. The molecular weight excluding hydrogens is 176 g/mol. The van der Waals surface area contributed by atoms with E-state index in [2.05, 4.69) is 16.2 Å². The third-order valence-corrected chi connectivity index (χ3v) is 1.66. The molecule has 0 aliphatic rings. The predicted octanol–water partition coefficient (Wildman–Crippen LogP) is 1.91. The molecule has 74 valence electrons. The van der Waals surface area contributed by atoms with Crippen LogP contribution in [0.5, 0.6) is 5.88 Å². The molecule has 0 aromatic carbocycles. The maximum absolute atomic E-state index is 5.24. The minimum absolute atomic E-state index is 0.00902. The zero-order valence-electron chi connectivity index (χ0n) is 8.45. The fourth-order valence-electron chi connectivity index (χ4n) is 0.991. The Morgan fingerprint density at radius 1 is 1.64 bits per heavy atom. The summed E-state index contributed by atoms with van der Waals surface area (Å²) in [4.78, 5) is 4.10. The number of nitrogens with one attached hydrogen (secondary N) is 1. The second-order valence-corrected chi connectivity index (χ2v) is 2.85. The van der Waals surface area contributed by atoms with Crippen molar-refractivity contribution in [1.82, 2.24) is 4.98 Å². The van der Waals surface area contributed by atoms with E-state index in [1.54, 1.807) is 6.20 Å². The lowest BCUT2D eigenvalue weighted by atomic mass is 10.3. The maximum atomic E-state index is 5.24. The third kappa shape index (κ3) is 2.98. The van der Waals surface area contributed by atoms with Crippen LogP contribution < -0.4 is 10.1 Å². The van der Waals surface area contributed by atoms with E-state index in [9.17, 15) is 0 Å². The van der Waals surface area contributed by atoms with Crippen LogP contribution in [0, 0.1) is 12.3 Å². The number of hydrogen-bond donors (Lipinski definition) is 1. The van der Waals surface area contributed by atoms with E-state index in [1.807, 2.05) is 26.0 Å². The number of hydrogen-bond acceptors (Lipinski definition) is 3. The highest BCUT2D eigenvalue weighted by atomic mass is 16.5. The average Bonchev–Trinajstić information content (AvgIpc) is 2.21. The smallest absolute Gasteiger partial charge is 0.213 e. The van der Waals surface area contributed by atoms with E-state index in [1.165, 1.54) is 0 Å². The van der Waals surface area contributed by atoms with Gasteiger partial charge < -0.3 is 10.1 Å². The number of ether oxygens (including phenoxy) is 1. The first-order chi connectivity index (χ1) is 6.76. The first kappa shape index (κ1) is 10.4. The van der Waals surface area contributed by atoms with Gasteiger partial charge in [0.2, 0.25) is 5.88 Å². The summed E-state index contributed by atoms with van der Waals surface area (Å²) in [6, 6.07) is 3.72. The molecule has 0 spiro atoms. The van der Waals surface area contributed by atoms with E-state index in [4.69, 9.17) is 11.2 Å². The molecule has 0 fully saturated rings. The lowest BCUT2D eigenvalue weighted by Gasteiger charge is -2.09. The topological polar surface area (TPSA) is 34.1 Å². The number of terminal acetylenes is 1. The van der Waals surface area contributed by atoms with Crippen LogP contribution in [-0.4, -0.2) is 17.6 Å². The van der Waals surface area contributed by atoms with E-state index >= 15 is 0 Å². The quantitative estimate of drug-likeness (QED) is 0.736. The van der Waals surface area contributed by atoms with Crippen molar-refractivity contribution in [2.24, 2.45) is 0 Å². The Morgan fingerprint density at radius 2 is 2.43 bits per heavy atom. The Labute approximate surface area is 84.5 Å². The van der Waals surface area contributed by atoms with Gasteiger partial charge in [-0.15, -0.1) is 6.42 Å². The molecule has 1 aromatic heterocycles. The molecule has 3 nitrogen and oxygen atoms in total. The van der Waals surface area contributed by atoms with Crippen molar-refractivity contribution in [2.75, 3.05) is 11.9 Å². The highest BCUT2D eigenvalue weighted by Crippen LogP contribution is 2.11. The van der Waals surface area contributed by atoms with Gasteiger partial charge in [0, 0.05) is 6.07 Å². The number of rotatable bonds is 4. The molecule has 1 N–H and O–H groups in total. The Bertz CT molecular complexity index is 313. The Balaban J connectivity index is 2.60. The van der Waals surface area contributed by atoms with Gasteiger partial charge in [0.25, 0.3) is 0 Å². The molecule has 0 saturated heterocycles. The molecule has 0 amide bonds. The highest BCUT2D eigenvalue weighted by Gasteiger charge is 1.98. The molecule has 1 unspecified atom stereocenters. The maximum Gasteiger partial charge on any atom is 0.213 e. The zero-order valence-corrected chi connectivity index (χ0v) is 8.45. The molecule has 1 aromatic rings. The molecule has 1 rings (SSSR count). The molecule has 0 radical (unpaired) electrons. The van der Waals surface area contributed by atoms with Gasteiger partial charge >= 0.3 is 0 Å². The van der Waals surface area contributed by atoms with E-state index in [0.717, 1.165) is 5.69 Å². The van der Waals surface area contributed by atoms with Gasteiger partial charge in [0.1, 0.15) is 0 Å². The minimum atomic E-state index is 0.00902. The molecule has 3 heteroatoms. The molecule has 0 bridgehead atoms. The lowest BCUT2D eigenvalue weighted by Crippen LogP contribution is -2.12. The van der Waals surface area contributed by atoms with E-state index < -0.39 is 0 Å². The van der Waals surface area contributed by atoms with Crippen molar-refractivity contribution < 1.29 is 4.74 Å². The second-order valence-electron chi connectivity index (χ2n) is 2.85. The van der Waals surface area contributed by atoms with Gasteiger partial charge in [-0.1, -0.05) is 5.92 Å². The van der Waals surface area contributed by atoms with Crippen LogP contribution in [0.4, 0.5) is 5.69 Å². The van der Waals surface area contributed by atoms with Gasteiger partial charge in [-0.25, -0.2) is 4.98 Å². The van der Waals surface area contributed by atoms with Crippen LogP contribution in [0.1, 0.15) is 13.8 Å². The number of anilines is 1. The summed E-state index contributed by atoms with van der Waals surface area (Å²) >= 11 is 0. The van der Waals surface area contributed by atoms with E-state index in [-0.39, 0.29) is 6.04 Å². The van der Waals surface area contributed by atoms with Gasteiger partial charge in [-0.05, 0) is 19.9 Å². The van der Waals surface area contributed by atoms with Gasteiger partial charge in [0.15, 0.2) is 0 Å². The molecule has 1 atom stereocenters. The highest BCUT2D eigenvalue weighted by molar-refractivity contribution is 5.44. The number of pyridine rings is 1. The first-order valence-corrected chi connectivity index (χ1v) is 4.57. The molecule has 0 aliphatic heterocycles. The molecule has 0 saturated carbocycles. The van der Waals surface area contributed by atoms with E-state index in [0.29, 0.717) is 12.5 Å². The summed E-state index contributed by atoms with van der Waals surface area (Å²) in [5.74, 6) is 3.21. The number of nitrogens with zero attached hydrogens (tertiary/aromatic N) is 1. The molecular formula is C11H14N2O. The fraction of sp³-hybridized carbons (Fsp3) is 0.364. The van der Waals surface area contributed by atoms with Crippen molar-refractivity contribution in [3.63, 3.8) is 0 Å². The minimum Gasteiger partial charge on any atom is -0.478 e. The summed E-state index contributed by atoms with van der Waals surface area (Å²) in [6.07, 6.45) is 6.95. The van der Waals surface area contributed by atoms with Crippen molar-refractivity contribution in [3.8, 4) is 18.2 Å². The molecule has 1 heterocycles. The summed E-state index contributed by atoms with van der Waals surface area (Å²) in [7, 11) is 0. The van der Waals surface area contributed by atoms with Crippen LogP contribution in [0.25, 0.3) is 0 Å². The zero-order chi connectivity index (χ0) is 10.4. The standard InChI is InChI=1S/C11H14N2O/c1-4-9(3)13-10-6-7-11(12-8-10)14-5-2/h1,6-9,13H,5H2,2-3H3. The Morgan fingerprint density at radius 3 is 2.93 bits per heavy atom. The normalized spacial score (nSPS) is 11.5. The van der Waals surface area contributed by atoms with Gasteiger partial charge in [-0.2, -0.15) is 0 Å². The Hall–Kier alpha value is -1.69. The molecule has 0 aliphatic carbocycles. The number of aromatic nitrogens is 1. The lowest BCUT2D eigenvalue weighted by molar-refractivity contribution is 0.327. The van der Waals surface area contributed by atoms with Crippen LogP contribution in [0.15, 0.2) is 18.3 Å². The van der Waals surface area contributed by atoms with Gasteiger partial charge in [0.05, 0.1) is 24.5 Å². The van der Waals surface area contributed by atoms with Crippen molar-refractivity contribution in [1.29, 1.82) is 0 Å². The largest absolute Gasteiger partial charge is 0.478 e. The summed E-state index contributed by atoms with van der Waals surface area (Å²) < 4.78 is 5.21. The summed E-state index contributed by atoms with van der Waals surface area (Å²) in [6.45, 7) is 4.46. The van der Waals surface area contributed by atoms with Crippen molar-refractivity contribution >= 4 is 5.69 Å². The van der Waals surface area contributed by atoms with Crippen LogP contribution in [-0.2, 0) is 0 Å². The van der Waals surface area contributed by atoms with Crippen LogP contribution in [0.2, 0.25) is 0 Å². The summed E-state index contributed by atoms with van der Waals surface area (Å²) in [5, 5.41) is 3.11. The van der Waals surface area contributed by atoms with Crippen LogP contribution >= 0.6 is 0 Å². The summed E-state index contributed by atoms with van der Waals surface area (Å²) in [5.41, 5.74) is 0.902. The fourth-order valence-corrected chi connectivity index (χ4v) is 0.991. The third-order valence-electron chi connectivity index (χ3n) is 1.66. The first-order valence-electron chi connectivity index (χ1n) is 4.57. The SMILES string of the molecule is C#CC(C)Nc1ccc(OCC)nc1. The Kier molecular flexibility index (Phi) is 3.81. The van der Waals surface area contributed by atoms with Crippen molar-refractivity contribution in [2.45, 2.75) is 19.9 Å². The average molecular weight is 190 g/mol.